The number of carbonyl (C=O) groups is 4. The molecule has 80 heavy (non-hydrogen) atoms. The highest BCUT2D eigenvalue weighted by molar-refractivity contribution is 5.98. The molecule has 15 N–H and O–H groups in total. The van der Waals surface area contributed by atoms with Crippen LogP contribution >= 0.6 is 0 Å². The van der Waals surface area contributed by atoms with E-state index >= 15 is 0 Å². The van der Waals surface area contributed by atoms with Gasteiger partial charge in [0, 0.05) is 88.7 Å². The molecule has 1 heterocycles. The number of nitrogens with two attached hydrogens (primary N) is 2. The third-order valence-corrected chi connectivity index (χ3v) is 13.1. The number of ether oxygens (including phenoxy) is 3. The zero-order valence-electron chi connectivity index (χ0n) is 48.7. The second-order valence-electron chi connectivity index (χ2n) is 19.7. The molecule has 0 spiro atoms. The topological polar surface area (TPSA) is 349 Å². The van der Waals surface area contributed by atoms with Crippen LogP contribution in [-0.4, -0.2) is 174 Å². The van der Waals surface area contributed by atoms with Crippen LogP contribution in [0.1, 0.15) is 92.2 Å². The summed E-state index contributed by atoms with van der Waals surface area (Å²) in [5.74, 6) is -2.67. The number of carbonyl (C=O) groups excluding carboxylic acids is 4. The van der Waals surface area contributed by atoms with Crippen molar-refractivity contribution >= 4 is 57.5 Å². The first-order valence-electron chi connectivity index (χ1n) is 27.8. The Labute approximate surface area is 471 Å². The van der Waals surface area contributed by atoms with Crippen LogP contribution in [0, 0.1) is 10.8 Å². The van der Waals surface area contributed by atoms with Crippen molar-refractivity contribution in [3.8, 4) is 23.0 Å². The van der Waals surface area contributed by atoms with Gasteiger partial charge in [0.2, 0.25) is 17.2 Å². The molecule has 0 saturated carbocycles. The highest BCUT2D eigenvalue weighted by atomic mass is 16.5. The fraction of sp³-hybridized carbons (Fsp3) is 0.589. The molecule has 3 rings (SSSR count). The summed E-state index contributed by atoms with van der Waals surface area (Å²) in [7, 11) is 1.40. The number of methoxy groups -OCH3 is 1. The number of amides is 4. The molecular formula is C56H92N14O10. The van der Waals surface area contributed by atoms with Crippen molar-refractivity contribution < 1.29 is 42.9 Å². The number of phenols is 1. The Morgan fingerprint density at radius 2 is 1.07 bits per heavy atom. The lowest BCUT2D eigenvalue weighted by molar-refractivity contribution is -0.130. The van der Waals surface area contributed by atoms with E-state index in [9.17, 15) is 29.1 Å². The Morgan fingerprint density at radius 3 is 1.51 bits per heavy atom. The second-order valence-corrected chi connectivity index (χ2v) is 19.7. The van der Waals surface area contributed by atoms with Gasteiger partial charge in [-0.15, -0.1) is 0 Å². The predicted octanol–water partition coefficient (Wildman–Crippen LogP) is 2.03. The smallest absolute Gasteiger partial charge is 0.258 e. The highest BCUT2D eigenvalue weighted by Crippen LogP contribution is 2.41. The molecule has 1 aromatic heterocycles. The molecule has 3 aromatic rings. The summed E-state index contributed by atoms with van der Waals surface area (Å²) in [4.78, 5) is 73.6. The standard InChI is InChI=1S/C56H92N14O10/c1-10-69(11-2)30-28-61-24-26-63-53(75)40(16-14-22-65-55(57)58)67-46(71)34-78-42-32-44-49(50(73)38(42)20-18-36(5)6)51(74)48-39(21-19-37(7)8)52(77-9)45(33-43(48)80-44)79-35-47(72)68-41(17-15-23-66-56(59)60)54(76)64-27-25-62-29-31-70(12-3)13-4/h18-19,32-33,40-41,61-62,73H,10-17,20-31,34-35H2,1-9H3,(H,63,75)(H,64,76)(H,67,71)(H,68,72)(H4,57,58,65)(H4,59,60,66)/t40-,41-/m0/s1. The number of nitrogens with one attached hydrogen (secondary N) is 10. The first kappa shape index (κ1) is 67.1. The maximum absolute atomic E-state index is 14.9. The van der Waals surface area contributed by atoms with E-state index in [1.807, 2.05) is 39.8 Å². The third kappa shape index (κ3) is 22.9. The molecule has 0 aliphatic heterocycles. The van der Waals surface area contributed by atoms with Crippen molar-refractivity contribution in [1.82, 2.24) is 52.3 Å². The Balaban J connectivity index is 1.98. The zero-order chi connectivity index (χ0) is 59.1. The van der Waals surface area contributed by atoms with Crippen molar-refractivity contribution in [3.05, 3.63) is 56.8 Å². The van der Waals surface area contributed by atoms with Crippen molar-refractivity contribution in [2.24, 2.45) is 11.5 Å². The summed E-state index contributed by atoms with van der Waals surface area (Å²) in [6.45, 7) is 24.1. The number of rotatable bonds is 39. The molecule has 0 aliphatic rings. The number of nitrogens with zero attached hydrogens (tertiary/aromatic N) is 2. The number of phenolic OH excluding ortho intramolecular Hbond substituents is 1. The van der Waals surface area contributed by atoms with Crippen molar-refractivity contribution in [2.75, 3.05) is 112 Å². The molecule has 0 bridgehead atoms. The number of fused-ring (bicyclic) bond motifs is 2. The monoisotopic (exact) mass is 1120 g/mol. The van der Waals surface area contributed by atoms with Crippen LogP contribution in [0.25, 0.3) is 21.9 Å². The van der Waals surface area contributed by atoms with E-state index in [0.29, 0.717) is 57.7 Å². The van der Waals surface area contributed by atoms with Gasteiger partial charge in [0.25, 0.3) is 11.8 Å². The molecule has 0 fully saturated rings. The van der Waals surface area contributed by atoms with Gasteiger partial charge in [-0.05, 0) is 92.4 Å². The molecule has 2 atom stereocenters. The van der Waals surface area contributed by atoms with Gasteiger partial charge in [-0.2, -0.15) is 0 Å². The Morgan fingerprint density at radius 1 is 0.637 bits per heavy atom. The average Bonchev–Trinajstić information content (AvgIpc) is 3.48. The predicted molar refractivity (Wildman–Crippen MR) is 315 cm³/mol. The van der Waals surface area contributed by atoms with E-state index in [2.05, 4.69) is 80.0 Å². The van der Waals surface area contributed by atoms with Crippen LogP contribution in [0.15, 0.2) is 44.6 Å². The summed E-state index contributed by atoms with van der Waals surface area (Å²) in [6, 6.07) is 0.940. The first-order valence-corrected chi connectivity index (χ1v) is 27.8. The van der Waals surface area contributed by atoms with Gasteiger partial charge < -0.3 is 87.5 Å². The average molecular weight is 1120 g/mol. The van der Waals surface area contributed by atoms with Crippen LogP contribution in [0.2, 0.25) is 0 Å². The maximum atomic E-state index is 14.9. The van der Waals surface area contributed by atoms with Gasteiger partial charge >= 0.3 is 0 Å². The molecule has 2 aromatic carbocycles. The zero-order valence-corrected chi connectivity index (χ0v) is 48.7. The quantitative estimate of drug-likeness (QED) is 0.0128. The Kier molecular flexibility index (Phi) is 30.4. The summed E-state index contributed by atoms with van der Waals surface area (Å²) < 4.78 is 24.6. The lowest BCUT2D eigenvalue weighted by Crippen LogP contribution is -2.49. The minimum Gasteiger partial charge on any atom is -0.507 e. The molecule has 0 radical (unpaired) electrons. The molecule has 0 aliphatic carbocycles. The number of hydrogen-bond donors (Lipinski definition) is 13. The van der Waals surface area contributed by atoms with Gasteiger partial charge in [0.1, 0.15) is 40.1 Å². The summed E-state index contributed by atoms with van der Waals surface area (Å²) in [6.07, 6.45) is 5.26. The lowest BCUT2D eigenvalue weighted by Gasteiger charge is -2.21. The van der Waals surface area contributed by atoms with Crippen molar-refractivity contribution in [3.63, 3.8) is 0 Å². The number of hydrogen-bond acceptors (Lipinski definition) is 16. The summed E-state index contributed by atoms with van der Waals surface area (Å²) in [5.41, 5.74) is 12.7. The number of aromatic hydroxyl groups is 1. The van der Waals surface area contributed by atoms with Crippen molar-refractivity contribution in [2.45, 2.75) is 106 Å². The molecular weight excluding hydrogens is 1030 g/mol. The number of allylic oxidation sites excluding steroid dienone is 4. The Bertz CT molecular complexity index is 2630. The number of benzene rings is 2. The number of likely N-dealkylation sites (N-methyl/N-ethyl adjacent to an activating group) is 2. The van der Waals surface area contributed by atoms with Crippen molar-refractivity contribution in [1.29, 1.82) is 10.8 Å². The SMILES string of the molecule is CCN(CC)CCNCCNC(=O)[C@H](CCCNC(=N)N)NC(=O)COc1cc2oc3cc(OCC(=O)N[C@@H](CCCNC(=N)N)C(=O)NCCNCCN(CC)CC)c(OC)c(CC=C(C)C)c3c(=O)c2c(O)c1CC=C(C)C. The van der Waals surface area contributed by atoms with E-state index in [1.165, 1.54) is 19.2 Å². The fourth-order valence-corrected chi connectivity index (χ4v) is 8.62. The molecule has 446 valence electrons. The first-order chi connectivity index (χ1) is 38.3. The minimum absolute atomic E-state index is 0.0316. The summed E-state index contributed by atoms with van der Waals surface area (Å²) in [5, 5.41) is 50.4. The van der Waals surface area contributed by atoms with Crippen LogP contribution < -0.4 is 73.6 Å². The van der Waals surface area contributed by atoms with Gasteiger partial charge in [-0.3, -0.25) is 34.8 Å². The number of guanidine groups is 2. The lowest BCUT2D eigenvalue weighted by atomic mass is 9.98. The van der Waals surface area contributed by atoms with Gasteiger partial charge in [-0.1, -0.05) is 51.0 Å². The van der Waals surface area contributed by atoms with Gasteiger partial charge in [0.05, 0.1) is 12.5 Å². The van der Waals surface area contributed by atoms with E-state index in [0.717, 1.165) is 63.5 Å². The van der Waals surface area contributed by atoms with Crippen LogP contribution in [0.5, 0.6) is 23.0 Å². The summed E-state index contributed by atoms with van der Waals surface area (Å²) >= 11 is 0. The van der Waals surface area contributed by atoms with Gasteiger partial charge in [-0.25, -0.2) is 0 Å². The van der Waals surface area contributed by atoms with E-state index in [-0.39, 0.29) is 82.4 Å². The third-order valence-electron chi connectivity index (χ3n) is 13.1. The fourth-order valence-electron chi connectivity index (χ4n) is 8.62. The maximum Gasteiger partial charge on any atom is 0.258 e. The Hall–Kier alpha value is -7.15. The molecule has 24 heteroatoms. The second kappa shape index (κ2) is 36.2. The van der Waals surface area contributed by atoms with E-state index in [1.54, 1.807) is 0 Å². The molecule has 24 nitrogen and oxygen atoms in total. The van der Waals surface area contributed by atoms with Crippen LogP contribution in [0.3, 0.4) is 0 Å². The molecule has 0 unspecified atom stereocenters. The van der Waals surface area contributed by atoms with Gasteiger partial charge in [0.15, 0.2) is 36.6 Å². The molecule has 4 amide bonds. The van der Waals surface area contributed by atoms with E-state index in [4.69, 9.17) is 40.9 Å². The normalized spacial score (nSPS) is 11.9. The van der Waals surface area contributed by atoms with Crippen LogP contribution in [0.4, 0.5) is 0 Å². The van der Waals surface area contributed by atoms with E-state index < -0.39 is 60.1 Å². The minimum atomic E-state index is -0.956. The molecule has 0 saturated heterocycles. The highest BCUT2D eigenvalue weighted by Gasteiger charge is 2.27. The largest absolute Gasteiger partial charge is 0.507 e. The van der Waals surface area contributed by atoms with Crippen LogP contribution in [-0.2, 0) is 32.0 Å².